The third-order valence-electron chi connectivity index (χ3n) is 3.77. The second kappa shape index (κ2) is 7.73. The summed E-state index contributed by atoms with van der Waals surface area (Å²) in [6, 6.07) is 7.32. The summed E-state index contributed by atoms with van der Waals surface area (Å²) in [5, 5.41) is 9.37. The molecule has 2 heterocycles. The smallest absolute Gasteiger partial charge is 0.315 e. The Labute approximate surface area is 148 Å². The third-order valence-corrected chi connectivity index (χ3v) is 3.77. The average Bonchev–Trinajstić information content (AvgIpc) is 3.17. The molecule has 0 spiro atoms. The molecule has 26 heavy (non-hydrogen) atoms. The Balaban J connectivity index is 1.59. The van der Waals surface area contributed by atoms with Crippen LogP contribution in [0.3, 0.4) is 0 Å². The second-order valence-corrected chi connectivity index (χ2v) is 5.69. The highest BCUT2D eigenvalue weighted by Gasteiger charge is 2.14. The largest absolute Gasteiger partial charge is 0.334 e. The number of nitrogens with one attached hydrogen (secondary N) is 2. The minimum Gasteiger partial charge on any atom is -0.334 e. The molecule has 0 unspecified atom stereocenters. The number of nitrogens with zero attached hydrogens (tertiary/aromatic N) is 3. The van der Waals surface area contributed by atoms with Crippen LogP contribution in [0.15, 0.2) is 55.0 Å². The molecular formula is C18H17F2N5O. The van der Waals surface area contributed by atoms with E-state index in [2.05, 4.69) is 20.7 Å². The Morgan fingerprint density at radius 1 is 1.23 bits per heavy atom. The summed E-state index contributed by atoms with van der Waals surface area (Å²) in [6.07, 6.45) is 5.03. The van der Waals surface area contributed by atoms with E-state index < -0.39 is 23.7 Å². The number of rotatable bonds is 5. The maximum atomic E-state index is 13.7. The van der Waals surface area contributed by atoms with Crippen molar-refractivity contribution in [2.45, 2.75) is 19.5 Å². The van der Waals surface area contributed by atoms with Gasteiger partial charge in [-0.3, -0.25) is 0 Å². The number of aromatic nitrogens is 3. The monoisotopic (exact) mass is 357 g/mol. The number of carbonyl (C=O) groups is 1. The quantitative estimate of drug-likeness (QED) is 0.737. The van der Waals surface area contributed by atoms with Crippen molar-refractivity contribution in [3.63, 3.8) is 0 Å². The molecule has 0 aliphatic carbocycles. The second-order valence-electron chi connectivity index (χ2n) is 5.69. The van der Waals surface area contributed by atoms with Gasteiger partial charge in [-0.15, -0.1) is 0 Å². The highest BCUT2D eigenvalue weighted by atomic mass is 19.1. The number of hydrogen-bond acceptors (Lipinski definition) is 3. The summed E-state index contributed by atoms with van der Waals surface area (Å²) in [5.41, 5.74) is 0.912. The van der Waals surface area contributed by atoms with Gasteiger partial charge in [0, 0.05) is 30.7 Å². The highest BCUT2D eigenvalue weighted by Crippen LogP contribution is 2.17. The Bertz CT molecular complexity index is 898. The Morgan fingerprint density at radius 2 is 2.08 bits per heavy atom. The van der Waals surface area contributed by atoms with Gasteiger partial charge >= 0.3 is 6.03 Å². The predicted molar refractivity (Wildman–Crippen MR) is 91.5 cm³/mol. The molecule has 0 bridgehead atoms. The first kappa shape index (κ1) is 17.5. The van der Waals surface area contributed by atoms with Crippen molar-refractivity contribution < 1.29 is 13.6 Å². The van der Waals surface area contributed by atoms with Gasteiger partial charge in [0.1, 0.15) is 11.6 Å². The third kappa shape index (κ3) is 4.21. The molecule has 0 saturated carbocycles. The van der Waals surface area contributed by atoms with Gasteiger partial charge < -0.3 is 10.6 Å². The van der Waals surface area contributed by atoms with E-state index in [-0.39, 0.29) is 12.1 Å². The fourth-order valence-electron chi connectivity index (χ4n) is 2.45. The van der Waals surface area contributed by atoms with Crippen molar-refractivity contribution in [3.8, 4) is 5.82 Å². The van der Waals surface area contributed by atoms with Crippen LogP contribution in [0.4, 0.5) is 13.6 Å². The molecule has 3 aromatic rings. The van der Waals surface area contributed by atoms with Crippen LogP contribution >= 0.6 is 0 Å². The lowest BCUT2D eigenvalue weighted by molar-refractivity contribution is 0.237. The standard InChI is InChI=1S/C18H17F2N5O/c1-12(15-10-14(19)3-4-16(15)20)24-18(26)22-11-13-5-7-21-17(9-13)25-8-2-6-23-25/h2-10,12H,11H2,1H3,(H2,22,24,26)/t12-/m0/s1. The summed E-state index contributed by atoms with van der Waals surface area (Å²) < 4.78 is 28.6. The molecule has 3 rings (SSSR count). The van der Waals surface area contributed by atoms with Gasteiger partial charge in [-0.05, 0) is 48.9 Å². The maximum absolute atomic E-state index is 13.7. The number of halogens is 2. The Hall–Kier alpha value is -3.29. The number of pyridine rings is 1. The van der Waals surface area contributed by atoms with Crippen LogP contribution in [-0.2, 0) is 6.54 Å². The molecule has 6 nitrogen and oxygen atoms in total. The molecule has 0 aliphatic rings. The summed E-state index contributed by atoms with van der Waals surface area (Å²) in [4.78, 5) is 16.2. The van der Waals surface area contributed by atoms with Crippen LogP contribution < -0.4 is 10.6 Å². The van der Waals surface area contributed by atoms with Crippen LogP contribution in [0.5, 0.6) is 0 Å². The summed E-state index contributed by atoms with van der Waals surface area (Å²) in [6.45, 7) is 1.83. The molecule has 0 fully saturated rings. The lowest BCUT2D eigenvalue weighted by Gasteiger charge is -2.16. The van der Waals surface area contributed by atoms with Gasteiger partial charge in [0.15, 0.2) is 5.82 Å². The zero-order valence-corrected chi connectivity index (χ0v) is 14.0. The molecule has 1 atom stereocenters. The van der Waals surface area contributed by atoms with Crippen LogP contribution in [0.25, 0.3) is 5.82 Å². The van der Waals surface area contributed by atoms with E-state index in [1.165, 1.54) is 0 Å². The predicted octanol–water partition coefficient (Wildman–Crippen LogP) is 3.11. The zero-order valence-electron chi connectivity index (χ0n) is 14.0. The molecule has 8 heteroatoms. The van der Waals surface area contributed by atoms with E-state index in [9.17, 15) is 13.6 Å². The van der Waals surface area contributed by atoms with Crippen molar-refractivity contribution in [1.29, 1.82) is 0 Å². The first-order valence-electron chi connectivity index (χ1n) is 7.97. The van der Waals surface area contributed by atoms with Crippen molar-refractivity contribution in [1.82, 2.24) is 25.4 Å². The Kier molecular flexibility index (Phi) is 5.21. The van der Waals surface area contributed by atoms with Gasteiger partial charge in [-0.1, -0.05) is 0 Å². The van der Waals surface area contributed by atoms with Crippen molar-refractivity contribution in [2.75, 3.05) is 0 Å². The van der Waals surface area contributed by atoms with E-state index in [1.54, 1.807) is 48.4 Å². The van der Waals surface area contributed by atoms with Gasteiger partial charge in [-0.25, -0.2) is 23.2 Å². The van der Waals surface area contributed by atoms with E-state index >= 15 is 0 Å². The molecule has 134 valence electrons. The SMILES string of the molecule is C[C@H](NC(=O)NCc1ccnc(-n2cccn2)c1)c1cc(F)ccc1F. The van der Waals surface area contributed by atoms with Crippen LogP contribution in [-0.4, -0.2) is 20.8 Å². The number of urea groups is 1. The Morgan fingerprint density at radius 3 is 2.85 bits per heavy atom. The van der Waals surface area contributed by atoms with Gasteiger partial charge in [-0.2, -0.15) is 5.10 Å². The van der Waals surface area contributed by atoms with Crippen LogP contribution in [0.2, 0.25) is 0 Å². The van der Waals surface area contributed by atoms with Gasteiger partial charge in [0.05, 0.1) is 6.04 Å². The van der Waals surface area contributed by atoms with Crippen molar-refractivity contribution in [3.05, 3.63) is 77.8 Å². The van der Waals surface area contributed by atoms with Crippen LogP contribution in [0.1, 0.15) is 24.1 Å². The zero-order chi connectivity index (χ0) is 18.5. The lowest BCUT2D eigenvalue weighted by Crippen LogP contribution is -2.37. The molecular weight excluding hydrogens is 340 g/mol. The first-order chi connectivity index (χ1) is 12.5. The minimum absolute atomic E-state index is 0.0880. The van der Waals surface area contributed by atoms with E-state index in [1.807, 2.05) is 0 Å². The summed E-state index contributed by atoms with van der Waals surface area (Å²) in [7, 11) is 0. The fraction of sp³-hybridized carbons (Fsp3) is 0.167. The number of benzene rings is 1. The van der Waals surface area contributed by atoms with Crippen LogP contribution in [0, 0.1) is 11.6 Å². The number of carbonyl (C=O) groups excluding carboxylic acids is 1. The molecule has 2 aromatic heterocycles. The number of amides is 2. The molecule has 0 aliphatic heterocycles. The van der Waals surface area contributed by atoms with Crippen molar-refractivity contribution in [2.24, 2.45) is 0 Å². The minimum atomic E-state index is -0.678. The molecule has 2 N–H and O–H groups in total. The molecule has 0 saturated heterocycles. The summed E-state index contributed by atoms with van der Waals surface area (Å²) >= 11 is 0. The average molecular weight is 357 g/mol. The van der Waals surface area contributed by atoms with Gasteiger partial charge in [0.2, 0.25) is 0 Å². The normalized spacial score (nSPS) is 11.8. The topological polar surface area (TPSA) is 71.8 Å². The highest BCUT2D eigenvalue weighted by molar-refractivity contribution is 5.74. The lowest BCUT2D eigenvalue weighted by atomic mass is 10.1. The van der Waals surface area contributed by atoms with E-state index in [4.69, 9.17) is 0 Å². The first-order valence-corrected chi connectivity index (χ1v) is 7.97. The van der Waals surface area contributed by atoms with Crippen molar-refractivity contribution >= 4 is 6.03 Å². The van der Waals surface area contributed by atoms with E-state index in [0.717, 1.165) is 23.8 Å². The summed E-state index contributed by atoms with van der Waals surface area (Å²) in [5.74, 6) is -0.500. The van der Waals surface area contributed by atoms with Gasteiger partial charge in [0.25, 0.3) is 0 Å². The fourth-order valence-corrected chi connectivity index (χ4v) is 2.45. The number of hydrogen-bond donors (Lipinski definition) is 2. The molecule has 2 amide bonds. The molecule has 1 aromatic carbocycles. The maximum Gasteiger partial charge on any atom is 0.315 e. The van der Waals surface area contributed by atoms with E-state index in [0.29, 0.717) is 5.82 Å². The molecule has 0 radical (unpaired) electrons.